The molecule has 0 unspecified atom stereocenters. The molecule has 0 N–H and O–H groups in total. The van der Waals surface area contributed by atoms with Gasteiger partial charge in [0, 0.05) is 24.2 Å². The van der Waals surface area contributed by atoms with Crippen LogP contribution >= 0.6 is 0 Å². The van der Waals surface area contributed by atoms with Crippen molar-refractivity contribution in [3.05, 3.63) is 99.9 Å². The van der Waals surface area contributed by atoms with E-state index in [1.165, 1.54) is 10.6 Å². The minimum Gasteiger partial charge on any atom is -0.497 e. The fourth-order valence-electron chi connectivity index (χ4n) is 3.25. The van der Waals surface area contributed by atoms with Gasteiger partial charge in [-0.05, 0) is 54.4 Å². The molecule has 148 valence electrons. The van der Waals surface area contributed by atoms with E-state index in [1.54, 1.807) is 43.8 Å². The van der Waals surface area contributed by atoms with E-state index in [9.17, 15) is 10.1 Å². The molecule has 0 spiro atoms. The van der Waals surface area contributed by atoms with Crippen molar-refractivity contribution in [2.24, 2.45) is 0 Å². The number of ether oxygens (including phenoxy) is 1. The summed E-state index contributed by atoms with van der Waals surface area (Å²) in [5, 5.41) is 9.43. The Balaban J connectivity index is 1.70. The summed E-state index contributed by atoms with van der Waals surface area (Å²) in [7, 11) is 1.63. The van der Waals surface area contributed by atoms with Crippen molar-refractivity contribution in [3.8, 4) is 28.8 Å². The Kier molecular flexibility index (Phi) is 5.19. The van der Waals surface area contributed by atoms with Gasteiger partial charge in [0.25, 0.3) is 5.56 Å². The van der Waals surface area contributed by atoms with Crippen LogP contribution < -0.4 is 10.3 Å². The van der Waals surface area contributed by atoms with Gasteiger partial charge in [-0.15, -0.1) is 0 Å². The highest BCUT2D eigenvalue weighted by Gasteiger charge is 2.12. The highest BCUT2D eigenvalue weighted by atomic mass is 16.5. The molecule has 6 heteroatoms. The molecule has 0 aliphatic rings. The van der Waals surface area contributed by atoms with Crippen LogP contribution in [-0.4, -0.2) is 16.7 Å². The number of benzene rings is 2. The second-order valence-electron chi connectivity index (χ2n) is 6.88. The summed E-state index contributed by atoms with van der Waals surface area (Å²) in [6.45, 7) is 2.03. The zero-order chi connectivity index (χ0) is 21.1. The van der Waals surface area contributed by atoms with Crippen LogP contribution in [0, 0.1) is 18.3 Å². The van der Waals surface area contributed by atoms with E-state index in [0.29, 0.717) is 34.9 Å². The molecule has 4 aromatic rings. The van der Waals surface area contributed by atoms with Gasteiger partial charge in [-0.1, -0.05) is 12.1 Å². The Labute approximate surface area is 173 Å². The third-order valence-electron chi connectivity index (χ3n) is 4.88. The smallest absolute Gasteiger partial charge is 0.255 e. The van der Waals surface area contributed by atoms with E-state index >= 15 is 0 Å². The van der Waals surface area contributed by atoms with Crippen molar-refractivity contribution in [1.82, 2.24) is 9.55 Å². The Morgan fingerprint density at radius 2 is 2.03 bits per heavy atom. The van der Waals surface area contributed by atoms with Crippen LogP contribution in [0.2, 0.25) is 0 Å². The lowest BCUT2D eigenvalue weighted by atomic mass is 10.1. The number of hydrogen-bond donors (Lipinski definition) is 0. The third-order valence-corrected chi connectivity index (χ3v) is 4.88. The van der Waals surface area contributed by atoms with Gasteiger partial charge in [-0.3, -0.25) is 9.36 Å². The van der Waals surface area contributed by atoms with Crippen molar-refractivity contribution < 1.29 is 9.15 Å². The van der Waals surface area contributed by atoms with Crippen LogP contribution in [0.4, 0.5) is 0 Å². The van der Waals surface area contributed by atoms with Gasteiger partial charge in [0.15, 0.2) is 11.7 Å². The average molecular weight is 397 g/mol. The molecule has 0 fully saturated rings. The quantitative estimate of drug-likeness (QED) is 0.502. The summed E-state index contributed by atoms with van der Waals surface area (Å²) in [6.07, 6.45) is 3.82. The summed E-state index contributed by atoms with van der Waals surface area (Å²) in [4.78, 5) is 16.6. The highest BCUT2D eigenvalue weighted by Crippen LogP contribution is 2.26. The fraction of sp³-hybridized carbons (Fsp3) is 0.125. The van der Waals surface area contributed by atoms with E-state index in [4.69, 9.17) is 9.15 Å². The number of oxazole rings is 1. The van der Waals surface area contributed by atoms with Crippen molar-refractivity contribution in [2.45, 2.75) is 13.3 Å². The van der Waals surface area contributed by atoms with E-state index in [2.05, 4.69) is 11.1 Å². The van der Waals surface area contributed by atoms with Crippen LogP contribution in [-0.2, 0) is 6.42 Å². The fourth-order valence-corrected chi connectivity index (χ4v) is 3.25. The number of aromatic nitrogens is 2. The third kappa shape index (κ3) is 3.87. The lowest BCUT2D eigenvalue weighted by Crippen LogP contribution is -2.15. The predicted octanol–water partition coefficient (Wildman–Crippen LogP) is 4.27. The maximum atomic E-state index is 12.2. The molecule has 0 aliphatic carbocycles. The molecule has 0 saturated heterocycles. The van der Waals surface area contributed by atoms with Crippen LogP contribution in [0.25, 0.3) is 17.0 Å². The topological polar surface area (TPSA) is 81.0 Å². The van der Waals surface area contributed by atoms with Gasteiger partial charge in [-0.2, -0.15) is 5.26 Å². The molecule has 0 radical (unpaired) electrons. The first kappa shape index (κ1) is 19.2. The maximum absolute atomic E-state index is 12.2. The first-order valence-electron chi connectivity index (χ1n) is 9.39. The Morgan fingerprint density at radius 1 is 1.17 bits per heavy atom. The van der Waals surface area contributed by atoms with Gasteiger partial charge in [0.1, 0.15) is 5.75 Å². The molecular weight excluding hydrogens is 378 g/mol. The van der Waals surface area contributed by atoms with E-state index < -0.39 is 0 Å². The molecular formula is C24H19N3O3. The molecule has 6 nitrogen and oxygen atoms in total. The van der Waals surface area contributed by atoms with Gasteiger partial charge in [-0.25, -0.2) is 4.98 Å². The largest absolute Gasteiger partial charge is 0.497 e. The van der Waals surface area contributed by atoms with E-state index in [-0.39, 0.29) is 5.56 Å². The summed E-state index contributed by atoms with van der Waals surface area (Å²) in [5.41, 5.74) is 3.71. The van der Waals surface area contributed by atoms with Crippen LogP contribution in [0.3, 0.4) is 0 Å². The van der Waals surface area contributed by atoms with E-state index in [0.717, 1.165) is 16.9 Å². The number of hydrogen-bond acceptors (Lipinski definition) is 5. The predicted molar refractivity (Wildman–Crippen MR) is 113 cm³/mol. The zero-order valence-electron chi connectivity index (χ0n) is 16.6. The van der Waals surface area contributed by atoms with Gasteiger partial charge < -0.3 is 9.15 Å². The Bertz CT molecular complexity index is 1310. The minimum absolute atomic E-state index is 0.176. The molecule has 2 aromatic carbocycles. The van der Waals surface area contributed by atoms with E-state index in [1.807, 2.05) is 31.2 Å². The normalized spacial score (nSPS) is 10.6. The standard InChI is InChI=1S/C24H19N3O3/c1-16-6-7-21(29-2)12-18(16)13-23-26-15-22(30-23)19-9-17(14-25)10-20(11-19)27-8-4-3-5-24(27)28/h3-12,15H,13H2,1-2H3. The lowest BCUT2D eigenvalue weighted by molar-refractivity contribution is 0.414. The first-order valence-corrected chi connectivity index (χ1v) is 9.39. The molecule has 0 bridgehead atoms. The molecule has 4 rings (SSSR count). The van der Waals surface area contributed by atoms with Crippen molar-refractivity contribution >= 4 is 0 Å². The molecule has 0 aliphatic heterocycles. The molecule has 2 heterocycles. The second-order valence-corrected chi connectivity index (χ2v) is 6.88. The van der Waals surface area contributed by atoms with Crippen molar-refractivity contribution in [2.75, 3.05) is 7.11 Å². The molecule has 2 aromatic heterocycles. The lowest BCUT2D eigenvalue weighted by Gasteiger charge is -2.08. The number of pyridine rings is 1. The second kappa shape index (κ2) is 8.10. The summed E-state index contributed by atoms with van der Waals surface area (Å²) in [5.74, 6) is 1.87. The maximum Gasteiger partial charge on any atom is 0.255 e. The monoisotopic (exact) mass is 397 g/mol. The number of nitrogens with zero attached hydrogens (tertiary/aromatic N) is 3. The number of nitriles is 1. The van der Waals surface area contributed by atoms with Crippen LogP contribution in [0.1, 0.15) is 22.6 Å². The first-order chi connectivity index (χ1) is 14.6. The Hall–Kier alpha value is -4.11. The van der Waals surface area contributed by atoms with Crippen molar-refractivity contribution in [3.63, 3.8) is 0 Å². The molecule has 0 saturated carbocycles. The minimum atomic E-state index is -0.176. The average Bonchev–Trinajstić information content (AvgIpc) is 3.24. The summed E-state index contributed by atoms with van der Waals surface area (Å²) in [6, 6.07) is 18.1. The Morgan fingerprint density at radius 3 is 2.80 bits per heavy atom. The van der Waals surface area contributed by atoms with Crippen LogP contribution in [0.15, 0.2) is 76.2 Å². The van der Waals surface area contributed by atoms with Crippen LogP contribution in [0.5, 0.6) is 5.75 Å². The van der Waals surface area contributed by atoms with Crippen molar-refractivity contribution in [1.29, 1.82) is 5.26 Å². The van der Waals surface area contributed by atoms with Gasteiger partial charge in [0.2, 0.25) is 0 Å². The highest BCUT2D eigenvalue weighted by molar-refractivity contribution is 5.63. The zero-order valence-corrected chi connectivity index (χ0v) is 16.6. The van der Waals surface area contributed by atoms with Gasteiger partial charge in [0.05, 0.1) is 30.6 Å². The molecule has 0 amide bonds. The summed E-state index contributed by atoms with van der Waals surface area (Å²) < 4.78 is 12.8. The number of rotatable bonds is 5. The number of aryl methyl sites for hydroxylation is 1. The molecule has 0 atom stereocenters. The SMILES string of the molecule is COc1ccc(C)c(Cc2ncc(-c3cc(C#N)cc(-n4ccccc4=O)c3)o2)c1. The summed E-state index contributed by atoms with van der Waals surface area (Å²) >= 11 is 0. The van der Waals surface area contributed by atoms with Gasteiger partial charge >= 0.3 is 0 Å². The molecule has 30 heavy (non-hydrogen) atoms. The number of methoxy groups -OCH3 is 1.